The Balaban J connectivity index is 1.47. The van der Waals surface area contributed by atoms with Crippen LogP contribution in [0.5, 0.6) is 0 Å². The zero-order valence-corrected chi connectivity index (χ0v) is 16.1. The number of carbonyl (C=O) groups excluding carboxylic acids is 2. The van der Waals surface area contributed by atoms with Gasteiger partial charge < -0.3 is 10.1 Å². The van der Waals surface area contributed by atoms with Gasteiger partial charge in [0.05, 0.1) is 5.75 Å². The Kier molecular flexibility index (Phi) is 6.74. The van der Waals surface area contributed by atoms with Crippen LogP contribution in [0.3, 0.4) is 0 Å². The summed E-state index contributed by atoms with van der Waals surface area (Å²) in [6, 6.07) is 20.9. The number of nitrogens with one attached hydrogen (secondary N) is 1. The van der Waals surface area contributed by atoms with Gasteiger partial charge in [0, 0.05) is 15.3 Å². The van der Waals surface area contributed by atoms with Crippen LogP contribution in [-0.4, -0.2) is 24.2 Å². The number of esters is 1. The fourth-order valence-corrected chi connectivity index (χ4v) is 3.81. The van der Waals surface area contributed by atoms with Gasteiger partial charge in [0.25, 0.3) is 0 Å². The number of thioether (sulfide) groups is 1. The highest BCUT2D eigenvalue weighted by Crippen LogP contribution is 2.32. The normalized spacial score (nSPS) is 10.6. The number of fused-ring (bicyclic) bond motifs is 1. The molecule has 0 aliphatic carbocycles. The lowest BCUT2D eigenvalue weighted by atomic mass is 10.1. The van der Waals surface area contributed by atoms with Gasteiger partial charge >= 0.3 is 5.97 Å². The largest absolute Gasteiger partial charge is 0.460 e. The standard InChI is InChI=1S/C21H18ClNO3S/c22-17-10-4-8-16-9-5-11-18(21(16)17)27-14-19(24)23-12-20(25)26-13-15-6-2-1-3-7-15/h1-11H,12-14H2,(H,23,24). The van der Waals surface area contributed by atoms with Gasteiger partial charge in [0.2, 0.25) is 5.91 Å². The van der Waals surface area contributed by atoms with Crippen LogP contribution in [0, 0.1) is 0 Å². The van der Waals surface area contributed by atoms with E-state index in [1.165, 1.54) is 11.8 Å². The number of amides is 1. The van der Waals surface area contributed by atoms with E-state index in [9.17, 15) is 9.59 Å². The van der Waals surface area contributed by atoms with Gasteiger partial charge in [-0.15, -0.1) is 11.8 Å². The highest BCUT2D eigenvalue weighted by molar-refractivity contribution is 8.00. The van der Waals surface area contributed by atoms with Gasteiger partial charge in [0.1, 0.15) is 13.2 Å². The van der Waals surface area contributed by atoms with E-state index < -0.39 is 5.97 Å². The quantitative estimate of drug-likeness (QED) is 0.471. The third kappa shape index (κ3) is 5.49. The summed E-state index contributed by atoms with van der Waals surface area (Å²) in [5.74, 6) is -0.512. The molecule has 3 aromatic carbocycles. The monoisotopic (exact) mass is 399 g/mol. The van der Waals surface area contributed by atoms with Crippen molar-refractivity contribution in [2.75, 3.05) is 12.3 Å². The Morgan fingerprint density at radius 3 is 2.48 bits per heavy atom. The number of halogens is 1. The summed E-state index contributed by atoms with van der Waals surface area (Å²) < 4.78 is 5.14. The van der Waals surface area contributed by atoms with Crippen molar-refractivity contribution in [2.24, 2.45) is 0 Å². The molecule has 4 nitrogen and oxygen atoms in total. The maximum absolute atomic E-state index is 12.0. The summed E-state index contributed by atoms with van der Waals surface area (Å²) in [7, 11) is 0. The van der Waals surface area contributed by atoms with Crippen LogP contribution >= 0.6 is 23.4 Å². The van der Waals surface area contributed by atoms with Crippen LogP contribution in [0.4, 0.5) is 0 Å². The minimum Gasteiger partial charge on any atom is -0.460 e. The molecule has 0 spiro atoms. The van der Waals surface area contributed by atoms with E-state index in [1.54, 1.807) is 0 Å². The van der Waals surface area contributed by atoms with Gasteiger partial charge in [-0.05, 0) is 23.1 Å². The fraction of sp³-hybridized carbons (Fsp3) is 0.143. The third-order valence-electron chi connectivity index (χ3n) is 3.85. The summed E-state index contributed by atoms with van der Waals surface area (Å²) in [5, 5.41) is 5.20. The van der Waals surface area contributed by atoms with E-state index in [0.717, 1.165) is 21.2 Å². The van der Waals surface area contributed by atoms with Crippen molar-refractivity contribution in [3.05, 3.63) is 77.3 Å². The molecule has 0 aliphatic rings. The van der Waals surface area contributed by atoms with Crippen LogP contribution in [0.25, 0.3) is 10.8 Å². The van der Waals surface area contributed by atoms with Crippen molar-refractivity contribution in [3.8, 4) is 0 Å². The molecule has 1 N–H and O–H groups in total. The molecule has 0 saturated heterocycles. The summed E-state index contributed by atoms with van der Waals surface area (Å²) >= 11 is 7.68. The predicted molar refractivity (Wildman–Crippen MR) is 109 cm³/mol. The Morgan fingerprint density at radius 2 is 1.70 bits per heavy atom. The Labute approximate surface area is 166 Å². The number of hydrogen-bond donors (Lipinski definition) is 1. The summed E-state index contributed by atoms with van der Waals surface area (Å²) in [4.78, 5) is 24.7. The number of ether oxygens (including phenoxy) is 1. The van der Waals surface area contributed by atoms with Crippen molar-refractivity contribution in [3.63, 3.8) is 0 Å². The molecule has 6 heteroatoms. The first kappa shape index (κ1) is 19.3. The summed E-state index contributed by atoms with van der Waals surface area (Å²) in [5.41, 5.74) is 0.903. The number of hydrogen-bond acceptors (Lipinski definition) is 4. The van der Waals surface area contributed by atoms with E-state index in [4.69, 9.17) is 16.3 Å². The molecule has 0 aliphatic heterocycles. The first-order valence-electron chi connectivity index (χ1n) is 8.40. The second-order valence-electron chi connectivity index (χ2n) is 5.81. The van der Waals surface area contributed by atoms with E-state index in [2.05, 4.69) is 5.32 Å². The third-order valence-corrected chi connectivity index (χ3v) is 5.22. The molecular weight excluding hydrogens is 382 g/mol. The lowest BCUT2D eigenvalue weighted by molar-refractivity contribution is -0.145. The molecular formula is C21H18ClNO3S. The first-order valence-corrected chi connectivity index (χ1v) is 9.76. The molecule has 0 fully saturated rings. The van der Waals surface area contributed by atoms with E-state index >= 15 is 0 Å². The second kappa shape index (κ2) is 9.44. The number of benzene rings is 3. The van der Waals surface area contributed by atoms with Gasteiger partial charge in [-0.25, -0.2) is 0 Å². The second-order valence-corrected chi connectivity index (χ2v) is 7.23. The molecule has 0 saturated carbocycles. The van der Waals surface area contributed by atoms with E-state index in [-0.39, 0.29) is 24.8 Å². The van der Waals surface area contributed by atoms with Crippen LogP contribution < -0.4 is 5.32 Å². The van der Waals surface area contributed by atoms with Crippen LogP contribution in [0.15, 0.2) is 71.6 Å². The molecule has 0 atom stereocenters. The zero-order chi connectivity index (χ0) is 19.1. The lowest BCUT2D eigenvalue weighted by Gasteiger charge is -2.09. The molecule has 0 unspecified atom stereocenters. The van der Waals surface area contributed by atoms with Crippen molar-refractivity contribution >= 4 is 46.0 Å². The van der Waals surface area contributed by atoms with Crippen molar-refractivity contribution in [1.82, 2.24) is 5.32 Å². The molecule has 138 valence electrons. The molecule has 3 rings (SSSR count). The topological polar surface area (TPSA) is 55.4 Å². The Morgan fingerprint density at radius 1 is 0.963 bits per heavy atom. The minimum absolute atomic E-state index is 0.150. The Bertz CT molecular complexity index is 941. The SMILES string of the molecule is O=C(CSc1cccc2cccc(Cl)c12)NCC(=O)OCc1ccccc1. The van der Waals surface area contributed by atoms with Gasteiger partial charge in [-0.3, -0.25) is 9.59 Å². The van der Waals surface area contributed by atoms with Crippen molar-refractivity contribution in [1.29, 1.82) is 0 Å². The first-order chi connectivity index (χ1) is 13.1. The van der Waals surface area contributed by atoms with Gasteiger partial charge in [0.15, 0.2) is 0 Å². The van der Waals surface area contributed by atoms with E-state index in [0.29, 0.717) is 5.02 Å². The Hall–Kier alpha value is -2.50. The van der Waals surface area contributed by atoms with Crippen LogP contribution in [-0.2, 0) is 20.9 Å². The lowest BCUT2D eigenvalue weighted by Crippen LogP contribution is -2.31. The maximum Gasteiger partial charge on any atom is 0.325 e. The smallest absolute Gasteiger partial charge is 0.325 e. The summed E-state index contributed by atoms with van der Waals surface area (Å²) in [6.45, 7) is 0.0430. The molecule has 0 heterocycles. The molecule has 27 heavy (non-hydrogen) atoms. The van der Waals surface area contributed by atoms with Crippen molar-refractivity contribution < 1.29 is 14.3 Å². The highest BCUT2D eigenvalue weighted by atomic mass is 35.5. The molecule has 1 amide bonds. The summed E-state index contributed by atoms with van der Waals surface area (Å²) in [6.07, 6.45) is 0. The van der Waals surface area contributed by atoms with Gasteiger partial charge in [-0.2, -0.15) is 0 Å². The van der Waals surface area contributed by atoms with E-state index in [1.807, 2.05) is 66.7 Å². The van der Waals surface area contributed by atoms with Crippen LogP contribution in [0.2, 0.25) is 5.02 Å². The highest BCUT2D eigenvalue weighted by Gasteiger charge is 2.10. The molecule has 0 bridgehead atoms. The van der Waals surface area contributed by atoms with Crippen molar-refractivity contribution in [2.45, 2.75) is 11.5 Å². The average Bonchev–Trinajstić information content (AvgIpc) is 2.70. The maximum atomic E-state index is 12.0. The zero-order valence-electron chi connectivity index (χ0n) is 14.5. The van der Waals surface area contributed by atoms with Crippen LogP contribution in [0.1, 0.15) is 5.56 Å². The minimum atomic E-state index is -0.467. The fourth-order valence-electron chi connectivity index (χ4n) is 2.54. The predicted octanol–water partition coefficient (Wildman–Crippen LogP) is 4.44. The number of rotatable bonds is 7. The molecule has 0 aromatic heterocycles. The molecule has 0 radical (unpaired) electrons. The molecule has 3 aromatic rings. The number of carbonyl (C=O) groups is 2. The van der Waals surface area contributed by atoms with Gasteiger partial charge in [-0.1, -0.05) is 66.2 Å². The average molecular weight is 400 g/mol.